The van der Waals surface area contributed by atoms with Gasteiger partial charge < -0.3 is 10.4 Å². The predicted molar refractivity (Wildman–Crippen MR) is 44.4 cm³/mol. The second-order valence-electron chi connectivity index (χ2n) is 3.95. The Morgan fingerprint density at radius 2 is 1.91 bits per heavy atom. The van der Waals surface area contributed by atoms with Crippen molar-refractivity contribution in [3.63, 3.8) is 0 Å². The fourth-order valence-electron chi connectivity index (χ4n) is 2.54. The maximum atomic E-state index is 9.74. The first-order chi connectivity index (χ1) is 5.33. The standard InChI is InChI=1S/C9H17NO/c11-8-4-7-10-9(8)5-2-1-3-6-9/h8,10-11H,1-7H2/t8-/m1/s1. The van der Waals surface area contributed by atoms with E-state index in [1.54, 1.807) is 0 Å². The lowest BCUT2D eigenvalue weighted by atomic mass is 9.79. The SMILES string of the molecule is O[C@@H]1CCNC12CCCCC2. The highest BCUT2D eigenvalue weighted by Crippen LogP contribution is 2.34. The monoisotopic (exact) mass is 155 g/mol. The highest BCUT2D eigenvalue weighted by atomic mass is 16.3. The van der Waals surface area contributed by atoms with E-state index in [0.717, 1.165) is 13.0 Å². The molecule has 0 aromatic heterocycles. The fourth-order valence-corrected chi connectivity index (χ4v) is 2.54. The Bertz CT molecular complexity index is 140. The minimum Gasteiger partial charge on any atom is -0.391 e. The van der Waals surface area contributed by atoms with Crippen molar-refractivity contribution in [1.82, 2.24) is 5.32 Å². The summed E-state index contributed by atoms with van der Waals surface area (Å²) in [6.07, 6.45) is 7.22. The highest BCUT2D eigenvalue weighted by molar-refractivity contribution is 5.01. The molecule has 0 aromatic rings. The van der Waals surface area contributed by atoms with Gasteiger partial charge in [0.15, 0.2) is 0 Å². The molecule has 2 nitrogen and oxygen atoms in total. The second-order valence-corrected chi connectivity index (χ2v) is 3.95. The molecule has 1 spiro atoms. The Hall–Kier alpha value is -0.0800. The molecule has 1 aliphatic carbocycles. The molecule has 2 fully saturated rings. The van der Waals surface area contributed by atoms with Crippen molar-refractivity contribution >= 4 is 0 Å². The molecule has 64 valence electrons. The number of hydrogen-bond acceptors (Lipinski definition) is 2. The van der Waals surface area contributed by atoms with Gasteiger partial charge in [0, 0.05) is 5.54 Å². The third kappa shape index (κ3) is 1.18. The van der Waals surface area contributed by atoms with Crippen molar-refractivity contribution in [2.75, 3.05) is 6.54 Å². The highest BCUT2D eigenvalue weighted by Gasteiger charge is 2.41. The number of hydrogen-bond donors (Lipinski definition) is 2. The summed E-state index contributed by atoms with van der Waals surface area (Å²) in [6.45, 7) is 1.02. The molecule has 2 aliphatic rings. The molecule has 1 saturated heterocycles. The minimum atomic E-state index is -0.0669. The molecule has 11 heavy (non-hydrogen) atoms. The molecule has 1 saturated carbocycles. The lowest BCUT2D eigenvalue weighted by Crippen LogP contribution is -2.49. The third-order valence-electron chi connectivity index (χ3n) is 3.28. The van der Waals surface area contributed by atoms with E-state index in [1.165, 1.54) is 32.1 Å². The van der Waals surface area contributed by atoms with Crippen LogP contribution in [0.4, 0.5) is 0 Å². The van der Waals surface area contributed by atoms with E-state index in [2.05, 4.69) is 5.32 Å². The Morgan fingerprint density at radius 3 is 2.45 bits per heavy atom. The molecule has 1 heterocycles. The molecule has 0 unspecified atom stereocenters. The summed E-state index contributed by atoms with van der Waals surface area (Å²) >= 11 is 0. The van der Waals surface area contributed by atoms with Crippen LogP contribution in [-0.2, 0) is 0 Å². The number of rotatable bonds is 0. The number of nitrogens with one attached hydrogen (secondary N) is 1. The van der Waals surface area contributed by atoms with Gasteiger partial charge in [-0.3, -0.25) is 0 Å². The van der Waals surface area contributed by atoms with Gasteiger partial charge in [0.05, 0.1) is 6.10 Å². The van der Waals surface area contributed by atoms with E-state index in [9.17, 15) is 5.11 Å². The Balaban J connectivity index is 2.06. The second kappa shape index (κ2) is 2.76. The number of aliphatic hydroxyl groups excluding tert-OH is 1. The van der Waals surface area contributed by atoms with Crippen LogP contribution < -0.4 is 5.32 Å². The number of aliphatic hydroxyl groups is 1. The summed E-state index contributed by atoms with van der Waals surface area (Å²) in [7, 11) is 0. The molecular formula is C9H17NO. The topological polar surface area (TPSA) is 32.3 Å². The van der Waals surface area contributed by atoms with E-state index in [4.69, 9.17) is 0 Å². The zero-order valence-corrected chi connectivity index (χ0v) is 6.97. The van der Waals surface area contributed by atoms with E-state index >= 15 is 0 Å². The molecular weight excluding hydrogens is 138 g/mol. The van der Waals surface area contributed by atoms with E-state index in [1.807, 2.05) is 0 Å². The third-order valence-corrected chi connectivity index (χ3v) is 3.28. The lowest BCUT2D eigenvalue weighted by Gasteiger charge is -2.36. The molecule has 0 bridgehead atoms. The van der Waals surface area contributed by atoms with Crippen LogP contribution in [0.1, 0.15) is 38.5 Å². The van der Waals surface area contributed by atoms with Crippen LogP contribution in [0.5, 0.6) is 0 Å². The Labute approximate surface area is 68.0 Å². The maximum Gasteiger partial charge on any atom is 0.0733 e. The summed E-state index contributed by atoms with van der Waals surface area (Å²) in [5.41, 5.74) is 0.137. The van der Waals surface area contributed by atoms with E-state index in [0.29, 0.717) is 0 Å². The molecule has 2 heteroatoms. The van der Waals surface area contributed by atoms with Gasteiger partial charge in [0.25, 0.3) is 0 Å². The summed E-state index contributed by atoms with van der Waals surface area (Å²) in [5, 5.41) is 13.2. The average Bonchev–Trinajstić information content (AvgIpc) is 2.36. The van der Waals surface area contributed by atoms with Crippen LogP contribution in [0.25, 0.3) is 0 Å². The smallest absolute Gasteiger partial charge is 0.0733 e. The van der Waals surface area contributed by atoms with Crippen LogP contribution >= 0.6 is 0 Å². The summed E-state index contributed by atoms with van der Waals surface area (Å²) in [6, 6.07) is 0. The average molecular weight is 155 g/mol. The van der Waals surface area contributed by atoms with Gasteiger partial charge >= 0.3 is 0 Å². The van der Waals surface area contributed by atoms with E-state index < -0.39 is 0 Å². The maximum absolute atomic E-state index is 9.74. The minimum absolute atomic E-state index is 0.0669. The van der Waals surface area contributed by atoms with E-state index in [-0.39, 0.29) is 11.6 Å². The fraction of sp³-hybridized carbons (Fsp3) is 1.00. The van der Waals surface area contributed by atoms with Gasteiger partial charge in [-0.15, -0.1) is 0 Å². The lowest BCUT2D eigenvalue weighted by molar-refractivity contribution is 0.0707. The van der Waals surface area contributed by atoms with Crippen molar-refractivity contribution in [1.29, 1.82) is 0 Å². The first-order valence-electron chi connectivity index (χ1n) is 4.77. The van der Waals surface area contributed by atoms with Crippen molar-refractivity contribution in [3.8, 4) is 0 Å². The van der Waals surface area contributed by atoms with Gasteiger partial charge in [-0.05, 0) is 25.8 Å². The normalized spacial score (nSPS) is 36.3. The first-order valence-corrected chi connectivity index (χ1v) is 4.77. The molecule has 0 radical (unpaired) electrons. The Kier molecular flexibility index (Phi) is 1.90. The van der Waals surface area contributed by atoms with Crippen molar-refractivity contribution < 1.29 is 5.11 Å². The molecule has 2 rings (SSSR count). The molecule has 1 atom stereocenters. The first kappa shape index (κ1) is 7.56. The van der Waals surface area contributed by atoms with Crippen molar-refractivity contribution in [2.45, 2.75) is 50.2 Å². The van der Waals surface area contributed by atoms with Crippen LogP contribution in [0, 0.1) is 0 Å². The predicted octanol–water partition coefficient (Wildman–Crippen LogP) is 1.04. The zero-order valence-electron chi connectivity index (χ0n) is 6.97. The molecule has 0 amide bonds. The van der Waals surface area contributed by atoms with Gasteiger partial charge in [-0.25, -0.2) is 0 Å². The van der Waals surface area contributed by atoms with Crippen molar-refractivity contribution in [3.05, 3.63) is 0 Å². The van der Waals surface area contributed by atoms with Gasteiger partial charge in [0.2, 0.25) is 0 Å². The summed E-state index contributed by atoms with van der Waals surface area (Å²) in [4.78, 5) is 0. The molecule has 2 N–H and O–H groups in total. The largest absolute Gasteiger partial charge is 0.391 e. The summed E-state index contributed by atoms with van der Waals surface area (Å²) < 4.78 is 0. The van der Waals surface area contributed by atoms with Gasteiger partial charge in [-0.2, -0.15) is 0 Å². The van der Waals surface area contributed by atoms with Gasteiger partial charge in [0.1, 0.15) is 0 Å². The van der Waals surface area contributed by atoms with Crippen LogP contribution in [0.2, 0.25) is 0 Å². The van der Waals surface area contributed by atoms with Crippen LogP contribution in [0.15, 0.2) is 0 Å². The Morgan fingerprint density at radius 1 is 1.18 bits per heavy atom. The molecule has 1 aliphatic heterocycles. The van der Waals surface area contributed by atoms with Crippen LogP contribution in [0.3, 0.4) is 0 Å². The van der Waals surface area contributed by atoms with Crippen molar-refractivity contribution in [2.24, 2.45) is 0 Å². The summed E-state index contributed by atoms with van der Waals surface area (Å²) in [5.74, 6) is 0. The molecule has 0 aromatic carbocycles. The van der Waals surface area contributed by atoms with Crippen LogP contribution in [-0.4, -0.2) is 23.3 Å². The zero-order chi connectivity index (χ0) is 7.73. The quantitative estimate of drug-likeness (QED) is 0.548. The van der Waals surface area contributed by atoms with Gasteiger partial charge in [-0.1, -0.05) is 19.3 Å².